The fourth-order valence-electron chi connectivity index (χ4n) is 3.37. The van der Waals surface area contributed by atoms with Gasteiger partial charge in [0.05, 0.1) is 6.42 Å². The molecule has 0 unspecified atom stereocenters. The normalized spacial score (nSPS) is 11.9. The van der Waals surface area contributed by atoms with E-state index in [9.17, 15) is 9.59 Å². The zero-order valence-electron chi connectivity index (χ0n) is 17.4. The molecule has 0 spiro atoms. The van der Waals surface area contributed by atoms with Crippen molar-refractivity contribution in [1.29, 1.82) is 0 Å². The predicted octanol–water partition coefficient (Wildman–Crippen LogP) is 3.91. The third kappa shape index (κ3) is 6.52. The fraction of sp³-hybridized carbons (Fsp3) is 0.417. The van der Waals surface area contributed by atoms with Gasteiger partial charge >= 0.3 is 0 Å². The highest BCUT2D eigenvalue weighted by molar-refractivity contribution is 5.88. The summed E-state index contributed by atoms with van der Waals surface area (Å²) in [5.74, 6) is -0.0876. The minimum Gasteiger partial charge on any atom is -0.352 e. The van der Waals surface area contributed by atoms with Crippen LogP contribution < -0.4 is 5.32 Å². The number of aryl methyl sites for hydroxylation is 1. The lowest BCUT2D eigenvalue weighted by molar-refractivity contribution is -0.140. The summed E-state index contributed by atoms with van der Waals surface area (Å²) in [5.41, 5.74) is 3.27. The lowest BCUT2D eigenvalue weighted by atomic mass is 10.0. The third-order valence-corrected chi connectivity index (χ3v) is 4.74. The molecule has 0 aromatic heterocycles. The van der Waals surface area contributed by atoms with E-state index in [1.54, 1.807) is 4.90 Å². The van der Waals surface area contributed by atoms with Gasteiger partial charge in [-0.15, -0.1) is 0 Å². The zero-order chi connectivity index (χ0) is 20.5. The van der Waals surface area contributed by atoms with Gasteiger partial charge in [0.15, 0.2) is 0 Å². The number of rotatable bonds is 9. The summed E-state index contributed by atoms with van der Waals surface area (Å²) in [5, 5.41) is 2.97. The summed E-state index contributed by atoms with van der Waals surface area (Å²) >= 11 is 0. The Labute approximate surface area is 169 Å². The van der Waals surface area contributed by atoms with Crippen molar-refractivity contribution in [2.45, 2.75) is 59.0 Å². The molecule has 1 atom stereocenters. The molecule has 0 aliphatic rings. The van der Waals surface area contributed by atoms with E-state index in [4.69, 9.17) is 0 Å². The van der Waals surface area contributed by atoms with Crippen molar-refractivity contribution in [3.63, 3.8) is 0 Å². The Morgan fingerprint density at radius 3 is 2.29 bits per heavy atom. The number of hydrogen-bond donors (Lipinski definition) is 1. The first-order chi connectivity index (χ1) is 13.4. The van der Waals surface area contributed by atoms with Crippen LogP contribution >= 0.6 is 0 Å². The second-order valence-corrected chi connectivity index (χ2v) is 7.58. The van der Waals surface area contributed by atoms with Crippen molar-refractivity contribution in [2.24, 2.45) is 0 Å². The molecule has 2 aromatic carbocycles. The third-order valence-electron chi connectivity index (χ3n) is 4.74. The van der Waals surface area contributed by atoms with Crippen LogP contribution in [-0.4, -0.2) is 35.3 Å². The summed E-state index contributed by atoms with van der Waals surface area (Å²) in [6.45, 7) is 8.38. The zero-order valence-corrected chi connectivity index (χ0v) is 17.4. The first-order valence-corrected chi connectivity index (χ1v) is 10.1. The van der Waals surface area contributed by atoms with Gasteiger partial charge < -0.3 is 10.2 Å². The maximum atomic E-state index is 13.2. The second kappa shape index (κ2) is 10.6. The van der Waals surface area contributed by atoms with Crippen molar-refractivity contribution >= 4 is 11.8 Å². The van der Waals surface area contributed by atoms with Gasteiger partial charge in [-0.1, -0.05) is 67.1 Å². The fourth-order valence-corrected chi connectivity index (χ4v) is 3.37. The molecule has 0 radical (unpaired) electrons. The van der Waals surface area contributed by atoms with Crippen molar-refractivity contribution in [1.82, 2.24) is 10.2 Å². The van der Waals surface area contributed by atoms with Crippen LogP contribution in [0.1, 0.15) is 43.9 Å². The molecule has 0 bridgehead atoms. The molecule has 150 valence electrons. The second-order valence-electron chi connectivity index (χ2n) is 7.58. The van der Waals surface area contributed by atoms with Gasteiger partial charge in [0.1, 0.15) is 6.04 Å². The number of amides is 2. The van der Waals surface area contributed by atoms with E-state index in [1.165, 1.54) is 0 Å². The predicted molar refractivity (Wildman–Crippen MR) is 114 cm³/mol. The largest absolute Gasteiger partial charge is 0.352 e. The molecule has 4 heteroatoms. The molecule has 0 aliphatic heterocycles. The number of benzene rings is 2. The Bertz CT molecular complexity index is 771. The van der Waals surface area contributed by atoms with Crippen LogP contribution in [0.2, 0.25) is 0 Å². The van der Waals surface area contributed by atoms with E-state index in [2.05, 4.69) is 17.4 Å². The lowest BCUT2D eigenvalue weighted by Crippen LogP contribution is -2.51. The molecular weight excluding hydrogens is 348 g/mol. The SMILES string of the molecule is CC[C@@H](C(=O)NC(C)C)N(CCc1ccccc1)C(=O)Cc1cccc(C)c1. The topological polar surface area (TPSA) is 49.4 Å². The molecule has 2 amide bonds. The van der Waals surface area contributed by atoms with Gasteiger partial charge in [-0.2, -0.15) is 0 Å². The number of carbonyl (C=O) groups excluding carboxylic acids is 2. The van der Waals surface area contributed by atoms with Crippen molar-refractivity contribution in [2.75, 3.05) is 6.54 Å². The standard InChI is InChI=1S/C24H32N2O2/c1-5-22(24(28)25-18(2)3)26(15-14-20-11-7-6-8-12-20)23(27)17-21-13-9-10-19(4)16-21/h6-13,16,18,22H,5,14-15,17H2,1-4H3,(H,25,28)/t22-/m0/s1. The lowest BCUT2D eigenvalue weighted by Gasteiger charge is -2.31. The van der Waals surface area contributed by atoms with Crippen LogP contribution in [0.15, 0.2) is 54.6 Å². The van der Waals surface area contributed by atoms with E-state index in [1.807, 2.05) is 70.2 Å². The van der Waals surface area contributed by atoms with Crippen LogP contribution in [0.3, 0.4) is 0 Å². The molecule has 4 nitrogen and oxygen atoms in total. The van der Waals surface area contributed by atoms with Crippen LogP contribution in [0.5, 0.6) is 0 Å². The molecule has 2 aromatic rings. The molecule has 2 rings (SSSR count). The van der Waals surface area contributed by atoms with E-state index < -0.39 is 6.04 Å². The van der Waals surface area contributed by atoms with Crippen molar-refractivity contribution in [3.05, 3.63) is 71.3 Å². The molecule has 0 aliphatic carbocycles. The van der Waals surface area contributed by atoms with E-state index in [0.29, 0.717) is 19.4 Å². The van der Waals surface area contributed by atoms with Crippen molar-refractivity contribution < 1.29 is 9.59 Å². The Balaban J connectivity index is 2.20. The highest BCUT2D eigenvalue weighted by Crippen LogP contribution is 2.13. The van der Waals surface area contributed by atoms with E-state index in [0.717, 1.165) is 23.1 Å². The number of nitrogens with one attached hydrogen (secondary N) is 1. The average molecular weight is 381 g/mol. The smallest absolute Gasteiger partial charge is 0.242 e. The first kappa shape index (κ1) is 21.7. The Kier molecular flexibility index (Phi) is 8.24. The van der Waals surface area contributed by atoms with Gasteiger partial charge in [0.25, 0.3) is 0 Å². The van der Waals surface area contributed by atoms with Gasteiger partial charge in [-0.3, -0.25) is 9.59 Å². The van der Waals surface area contributed by atoms with Gasteiger partial charge in [0.2, 0.25) is 11.8 Å². The number of hydrogen-bond acceptors (Lipinski definition) is 2. The summed E-state index contributed by atoms with van der Waals surface area (Å²) in [7, 11) is 0. The minimum absolute atomic E-state index is 0.00714. The maximum absolute atomic E-state index is 13.2. The summed E-state index contributed by atoms with van der Waals surface area (Å²) in [6, 6.07) is 17.7. The van der Waals surface area contributed by atoms with Crippen LogP contribution in [0.25, 0.3) is 0 Å². The molecular formula is C24H32N2O2. The summed E-state index contributed by atoms with van der Waals surface area (Å²) < 4.78 is 0. The molecule has 0 saturated heterocycles. The first-order valence-electron chi connectivity index (χ1n) is 10.1. The Morgan fingerprint density at radius 1 is 1.00 bits per heavy atom. The molecule has 28 heavy (non-hydrogen) atoms. The van der Waals surface area contributed by atoms with Gasteiger partial charge in [0, 0.05) is 12.6 Å². The summed E-state index contributed by atoms with van der Waals surface area (Å²) in [4.78, 5) is 27.7. The quantitative estimate of drug-likeness (QED) is 0.717. The highest BCUT2D eigenvalue weighted by Gasteiger charge is 2.28. The van der Waals surface area contributed by atoms with Crippen LogP contribution in [0, 0.1) is 6.92 Å². The van der Waals surface area contributed by atoms with Crippen LogP contribution in [0.4, 0.5) is 0 Å². The average Bonchev–Trinajstić information content (AvgIpc) is 2.65. The number of carbonyl (C=O) groups is 2. The maximum Gasteiger partial charge on any atom is 0.242 e. The molecule has 0 saturated carbocycles. The molecule has 1 N–H and O–H groups in total. The van der Waals surface area contributed by atoms with E-state index >= 15 is 0 Å². The Hall–Kier alpha value is -2.62. The Morgan fingerprint density at radius 2 is 1.68 bits per heavy atom. The molecule has 0 heterocycles. The van der Waals surface area contributed by atoms with Gasteiger partial charge in [-0.05, 0) is 44.7 Å². The monoisotopic (exact) mass is 380 g/mol. The minimum atomic E-state index is -0.455. The highest BCUT2D eigenvalue weighted by atomic mass is 16.2. The molecule has 0 fully saturated rings. The van der Waals surface area contributed by atoms with E-state index in [-0.39, 0.29) is 17.9 Å². The van der Waals surface area contributed by atoms with Crippen LogP contribution in [-0.2, 0) is 22.4 Å². The van der Waals surface area contributed by atoms with Gasteiger partial charge in [-0.25, -0.2) is 0 Å². The van der Waals surface area contributed by atoms with Crippen molar-refractivity contribution in [3.8, 4) is 0 Å². The summed E-state index contributed by atoms with van der Waals surface area (Å²) in [6.07, 6.45) is 1.63. The number of nitrogens with zero attached hydrogens (tertiary/aromatic N) is 1.